The molecule has 0 bridgehead atoms. The van der Waals surface area contributed by atoms with Crippen LogP contribution in [0.4, 0.5) is 5.69 Å². The summed E-state index contributed by atoms with van der Waals surface area (Å²) in [7, 11) is 3.56. The van der Waals surface area contributed by atoms with Gasteiger partial charge in [0.05, 0.1) is 6.61 Å². The van der Waals surface area contributed by atoms with Gasteiger partial charge in [0.2, 0.25) is 0 Å². The molecule has 0 aliphatic heterocycles. The van der Waals surface area contributed by atoms with Crippen molar-refractivity contribution in [3.63, 3.8) is 0 Å². The Morgan fingerprint density at radius 2 is 2.19 bits per heavy atom. The number of benzene rings is 1. The predicted molar refractivity (Wildman–Crippen MR) is 85.8 cm³/mol. The van der Waals surface area contributed by atoms with Crippen LogP contribution in [0.25, 0.3) is 0 Å². The van der Waals surface area contributed by atoms with E-state index in [2.05, 4.69) is 12.2 Å². The summed E-state index contributed by atoms with van der Waals surface area (Å²) in [6.07, 6.45) is 2.46. The highest BCUT2D eigenvalue weighted by Crippen LogP contribution is 2.35. The Morgan fingerprint density at radius 3 is 2.71 bits per heavy atom. The maximum atomic E-state index is 12.9. The molecule has 21 heavy (non-hydrogen) atoms. The molecular formula is C17H26N2O2. The van der Waals surface area contributed by atoms with Crippen molar-refractivity contribution in [3.05, 3.63) is 29.3 Å². The van der Waals surface area contributed by atoms with Crippen molar-refractivity contribution in [3.8, 4) is 0 Å². The van der Waals surface area contributed by atoms with Crippen LogP contribution in [0.5, 0.6) is 0 Å². The van der Waals surface area contributed by atoms with Gasteiger partial charge in [0.25, 0.3) is 5.91 Å². The van der Waals surface area contributed by atoms with Crippen LogP contribution in [0, 0.1) is 12.8 Å². The molecule has 1 aromatic rings. The lowest BCUT2D eigenvalue weighted by Gasteiger charge is -2.30. The molecule has 4 heteroatoms. The van der Waals surface area contributed by atoms with E-state index in [4.69, 9.17) is 4.74 Å². The minimum absolute atomic E-state index is 0.117. The first-order valence-corrected chi connectivity index (χ1v) is 7.66. The summed E-state index contributed by atoms with van der Waals surface area (Å²) in [4.78, 5) is 14.9. The maximum Gasteiger partial charge on any atom is 0.254 e. The topological polar surface area (TPSA) is 41.6 Å². The molecule has 1 amide bonds. The molecule has 1 fully saturated rings. The van der Waals surface area contributed by atoms with Gasteiger partial charge < -0.3 is 15.0 Å². The van der Waals surface area contributed by atoms with Crippen molar-refractivity contribution in [2.24, 2.45) is 5.92 Å². The molecule has 1 atom stereocenters. The molecule has 1 unspecified atom stereocenters. The van der Waals surface area contributed by atoms with E-state index in [-0.39, 0.29) is 11.9 Å². The largest absolute Gasteiger partial charge is 0.388 e. The zero-order valence-corrected chi connectivity index (χ0v) is 13.5. The van der Waals surface area contributed by atoms with E-state index in [1.165, 1.54) is 12.8 Å². The molecule has 1 N–H and O–H groups in total. The Bertz CT molecular complexity index is 498. The van der Waals surface area contributed by atoms with Gasteiger partial charge in [-0.3, -0.25) is 4.79 Å². The third-order valence-corrected chi connectivity index (χ3v) is 4.34. The highest BCUT2D eigenvalue weighted by molar-refractivity contribution is 5.96. The average Bonchev–Trinajstić information content (AvgIpc) is 3.31. The number of hydrogen-bond donors (Lipinski definition) is 1. The minimum atomic E-state index is 0.117. The summed E-state index contributed by atoms with van der Waals surface area (Å²) < 4.78 is 5.17. The monoisotopic (exact) mass is 290 g/mol. The number of ether oxygens (including phenoxy) is 1. The molecule has 1 aliphatic carbocycles. The lowest BCUT2D eigenvalue weighted by atomic mass is 10.0. The number of anilines is 1. The number of methoxy groups -OCH3 is 1. The second-order valence-electron chi connectivity index (χ2n) is 5.85. The minimum Gasteiger partial charge on any atom is -0.388 e. The van der Waals surface area contributed by atoms with Crippen LogP contribution in [-0.2, 0) is 4.74 Å². The first-order valence-electron chi connectivity index (χ1n) is 7.66. The van der Waals surface area contributed by atoms with Gasteiger partial charge in [0.1, 0.15) is 0 Å². The van der Waals surface area contributed by atoms with Crippen LogP contribution >= 0.6 is 0 Å². The van der Waals surface area contributed by atoms with E-state index in [1.807, 2.05) is 37.1 Å². The summed E-state index contributed by atoms with van der Waals surface area (Å²) in [5.41, 5.74) is 2.83. The number of amides is 1. The number of carbonyl (C=O) groups is 1. The third kappa shape index (κ3) is 3.76. The van der Waals surface area contributed by atoms with Crippen LogP contribution < -0.4 is 5.32 Å². The van der Waals surface area contributed by atoms with Crippen LogP contribution in [0.2, 0.25) is 0 Å². The third-order valence-electron chi connectivity index (χ3n) is 4.34. The average molecular weight is 290 g/mol. The second kappa shape index (κ2) is 6.94. The maximum absolute atomic E-state index is 12.9. The Kier molecular flexibility index (Phi) is 5.23. The second-order valence-corrected chi connectivity index (χ2v) is 5.85. The summed E-state index contributed by atoms with van der Waals surface area (Å²) >= 11 is 0. The molecule has 0 heterocycles. The van der Waals surface area contributed by atoms with E-state index in [0.717, 1.165) is 16.8 Å². The molecule has 0 aromatic heterocycles. The molecule has 2 rings (SSSR count). The van der Waals surface area contributed by atoms with E-state index < -0.39 is 0 Å². The smallest absolute Gasteiger partial charge is 0.254 e. The fourth-order valence-corrected chi connectivity index (χ4v) is 2.73. The summed E-state index contributed by atoms with van der Waals surface area (Å²) in [5.74, 6) is 0.772. The van der Waals surface area contributed by atoms with E-state index in [9.17, 15) is 4.79 Å². The number of carbonyl (C=O) groups excluding carboxylic acids is 1. The van der Waals surface area contributed by atoms with E-state index in [0.29, 0.717) is 19.1 Å². The zero-order valence-electron chi connectivity index (χ0n) is 13.5. The highest BCUT2D eigenvalue weighted by Gasteiger charge is 2.34. The van der Waals surface area contributed by atoms with Crippen molar-refractivity contribution >= 4 is 11.6 Å². The van der Waals surface area contributed by atoms with Gasteiger partial charge in [-0.25, -0.2) is 0 Å². The van der Waals surface area contributed by atoms with Gasteiger partial charge in [-0.1, -0.05) is 0 Å². The van der Waals surface area contributed by atoms with E-state index >= 15 is 0 Å². The summed E-state index contributed by atoms with van der Waals surface area (Å²) in [6.45, 7) is 5.38. The predicted octanol–water partition coefficient (Wildman–Crippen LogP) is 2.92. The first-order chi connectivity index (χ1) is 10.1. The molecule has 1 aliphatic rings. The lowest BCUT2D eigenvalue weighted by Crippen LogP contribution is -2.42. The molecule has 116 valence electrons. The van der Waals surface area contributed by atoms with Gasteiger partial charge in [-0.15, -0.1) is 0 Å². The molecule has 1 aromatic carbocycles. The number of hydrogen-bond acceptors (Lipinski definition) is 3. The Hall–Kier alpha value is -1.55. The van der Waals surface area contributed by atoms with Crippen LogP contribution in [-0.4, -0.2) is 44.2 Å². The standard InChI is InChI=1S/C17H26N2O2/c1-12-11-15(18-3)7-8-16(12)17(20)19(9-10-21-4)13(2)14-5-6-14/h7-8,11,13-14,18H,5-6,9-10H2,1-4H3. The van der Waals surface area contributed by atoms with Gasteiger partial charge in [-0.2, -0.15) is 0 Å². The van der Waals surface area contributed by atoms with Crippen LogP contribution in [0.1, 0.15) is 35.7 Å². The van der Waals surface area contributed by atoms with Crippen molar-refractivity contribution < 1.29 is 9.53 Å². The Morgan fingerprint density at radius 1 is 1.48 bits per heavy atom. The molecule has 0 spiro atoms. The van der Waals surface area contributed by atoms with Crippen LogP contribution in [0.3, 0.4) is 0 Å². The highest BCUT2D eigenvalue weighted by atomic mass is 16.5. The molecule has 1 saturated carbocycles. The number of nitrogens with one attached hydrogen (secondary N) is 1. The lowest BCUT2D eigenvalue weighted by molar-refractivity contribution is 0.0594. The summed E-state index contributed by atoms with van der Waals surface area (Å²) in [5, 5.41) is 3.10. The molecule has 0 radical (unpaired) electrons. The van der Waals surface area contributed by atoms with Crippen molar-refractivity contribution in [2.45, 2.75) is 32.7 Å². The number of aryl methyl sites for hydroxylation is 1. The molecule has 0 saturated heterocycles. The van der Waals surface area contributed by atoms with Gasteiger partial charge in [0.15, 0.2) is 0 Å². The quantitative estimate of drug-likeness (QED) is 0.839. The normalized spacial score (nSPS) is 15.6. The SMILES string of the molecule is CNc1ccc(C(=O)N(CCOC)C(C)C2CC2)c(C)c1. The van der Waals surface area contributed by atoms with E-state index in [1.54, 1.807) is 7.11 Å². The number of rotatable bonds is 7. The summed E-state index contributed by atoms with van der Waals surface area (Å²) in [6, 6.07) is 6.18. The zero-order chi connectivity index (χ0) is 15.4. The fourth-order valence-electron chi connectivity index (χ4n) is 2.73. The van der Waals surface area contributed by atoms with Crippen molar-refractivity contribution in [2.75, 3.05) is 32.6 Å². The van der Waals surface area contributed by atoms with Gasteiger partial charge in [0, 0.05) is 38.0 Å². The molecule has 4 nitrogen and oxygen atoms in total. The fraction of sp³-hybridized carbons (Fsp3) is 0.588. The first kappa shape index (κ1) is 15.8. The van der Waals surface area contributed by atoms with Crippen molar-refractivity contribution in [1.82, 2.24) is 4.90 Å². The Labute approximate surface area is 127 Å². The number of nitrogens with zero attached hydrogens (tertiary/aromatic N) is 1. The van der Waals surface area contributed by atoms with Crippen LogP contribution in [0.15, 0.2) is 18.2 Å². The van der Waals surface area contributed by atoms with Gasteiger partial charge >= 0.3 is 0 Å². The Balaban J connectivity index is 2.20. The molecular weight excluding hydrogens is 264 g/mol. The van der Waals surface area contributed by atoms with Crippen molar-refractivity contribution in [1.29, 1.82) is 0 Å². The van der Waals surface area contributed by atoms with Gasteiger partial charge in [-0.05, 0) is 56.4 Å².